The molecular formula is C24H27N7O. The second-order valence-electron chi connectivity index (χ2n) is 8.23. The number of pyridine rings is 1. The number of ether oxygens (including phenoxy) is 1. The Labute approximate surface area is 187 Å². The lowest BCUT2D eigenvalue weighted by molar-refractivity contribution is 0.122. The number of rotatable bonds is 6. The first-order valence-corrected chi connectivity index (χ1v) is 11.0. The number of H-pyrrole nitrogens is 1. The highest BCUT2D eigenvalue weighted by atomic mass is 16.5. The van der Waals surface area contributed by atoms with E-state index in [1.54, 1.807) is 0 Å². The van der Waals surface area contributed by atoms with E-state index in [1.807, 2.05) is 24.4 Å². The lowest BCUT2D eigenvalue weighted by Gasteiger charge is -2.27. The number of aromatic nitrogens is 5. The molecule has 0 bridgehead atoms. The van der Waals surface area contributed by atoms with Gasteiger partial charge in [-0.05, 0) is 23.6 Å². The number of fused-ring (bicyclic) bond motifs is 1. The van der Waals surface area contributed by atoms with Gasteiger partial charge >= 0.3 is 0 Å². The zero-order valence-corrected chi connectivity index (χ0v) is 18.4. The number of hydrogen-bond acceptors (Lipinski definition) is 7. The third kappa shape index (κ3) is 4.13. The molecule has 3 aromatic heterocycles. The Hall–Kier alpha value is -3.52. The number of nitrogens with one attached hydrogen (secondary N) is 2. The molecule has 0 unspecified atom stereocenters. The molecule has 1 saturated heterocycles. The standard InChI is InChI=1S/C24H27N7O/c1-16(2)20-21-22(30-29-20)23(28-24(27-21)31-11-13-32-14-12-31)26-15-17-6-8-18(9-7-17)19-5-3-4-10-25-19/h3-10,16H,11-15H2,1-2H3,(H,29,30)(H,26,27,28). The van der Waals surface area contributed by atoms with Gasteiger partial charge in [0.05, 0.1) is 24.6 Å². The van der Waals surface area contributed by atoms with Gasteiger partial charge in [0.25, 0.3) is 0 Å². The molecule has 4 aromatic rings. The second-order valence-corrected chi connectivity index (χ2v) is 8.23. The number of nitrogens with zero attached hydrogens (tertiary/aromatic N) is 5. The summed E-state index contributed by atoms with van der Waals surface area (Å²) >= 11 is 0. The van der Waals surface area contributed by atoms with Crippen LogP contribution in [0.1, 0.15) is 31.0 Å². The Balaban J connectivity index is 1.41. The summed E-state index contributed by atoms with van der Waals surface area (Å²) in [5.41, 5.74) is 5.91. The Morgan fingerprint density at radius 3 is 2.56 bits per heavy atom. The molecule has 5 rings (SSSR count). The van der Waals surface area contributed by atoms with Gasteiger partial charge in [0.1, 0.15) is 5.52 Å². The molecule has 0 saturated carbocycles. The van der Waals surface area contributed by atoms with E-state index in [1.165, 1.54) is 0 Å². The maximum absolute atomic E-state index is 5.50. The highest BCUT2D eigenvalue weighted by molar-refractivity contribution is 5.88. The number of aromatic amines is 1. The van der Waals surface area contributed by atoms with Gasteiger partial charge in [0.15, 0.2) is 11.3 Å². The molecule has 8 nitrogen and oxygen atoms in total. The Morgan fingerprint density at radius 2 is 1.84 bits per heavy atom. The topological polar surface area (TPSA) is 91.9 Å². The zero-order chi connectivity index (χ0) is 21.9. The van der Waals surface area contributed by atoms with Crippen LogP contribution >= 0.6 is 0 Å². The summed E-state index contributed by atoms with van der Waals surface area (Å²) in [4.78, 5) is 16.3. The molecule has 0 spiro atoms. The van der Waals surface area contributed by atoms with Crippen LogP contribution in [0.3, 0.4) is 0 Å². The van der Waals surface area contributed by atoms with E-state index in [0.717, 1.165) is 58.4 Å². The van der Waals surface area contributed by atoms with Crippen molar-refractivity contribution in [1.29, 1.82) is 0 Å². The highest BCUT2D eigenvalue weighted by Gasteiger charge is 2.21. The second kappa shape index (κ2) is 8.92. The fourth-order valence-electron chi connectivity index (χ4n) is 3.85. The molecule has 1 fully saturated rings. The van der Waals surface area contributed by atoms with Crippen LogP contribution in [0.5, 0.6) is 0 Å². The van der Waals surface area contributed by atoms with Crippen molar-refractivity contribution in [2.75, 3.05) is 36.5 Å². The average molecular weight is 430 g/mol. The normalized spacial score (nSPS) is 14.3. The number of anilines is 2. The van der Waals surface area contributed by atoms with Gasteiger partial charge in [0.2, 0.25) is 5.95 Å². The van der Waals surface area contributed by atoms with Crippen LogP contribution in [-0.4, -0.2) is 51.5 Å². The van der Waals surface area contributed by atoms with Crippen molar-refractivity contribution >= 4 is 22.8 Å². The smallest absolute Gasteiger partial charge is 0.228 e. The first kappa shape index (κ1) is 20.4. The molecule has 0 atom stereocenters. The summed E-state index contributed by atoms with van der Waals surface area (Å²) in [6, 6.07) is 14.4. The van der Waals surface area contributed by atoms with E-state index < -0.39 is 0 Å². The van der Waals surface area contributed by atoms with Gasteiger partial charge in [-0.3, -0.25) is 10.1 Å². The van der Waals surface area contributed by atoms with Crippen LogP contribution in [-0.2, 0) is 11.3 Å². The zero-order valence-electron chi connectivity index (χ0n) is 18.4. The predicted molar refractivity (Wildman–Crippen MR) is 126 cm³/mol. The SMILES string of the molecule is CC(C)c1[nH]nc2c(NCc3ccc(-c4ccccn4)cc3)nc(N3CCOCC3)nc12. The molecule has 1 aromatic carbocycles. The van der Waals surface area contributed by atoms with E-state index in [4.69, 9.17) is 14.7 Å². The number of hydrogen-bond donors (Lipinski definition) is 2. The number of morpholine rings is 1. The van der Waals surface area contributed by atoms with Crippen molar-refractivity contribution in [3.63, 3.8) is 0 Å². The Kier molecular flexibility index (Phi) is 5.68. The number of benzene rings is 1. The van der Waals surface area contributed by atoms with E-state index in [-0.39, 0.29) is 0 Å². The first-order valence-electron chi connectivity index (χ1n) is 11.0. The molecule has 0 radical (unpaired) electrons. The fourth-order valence-corrected chi connectivity index (χ4v) is 3.85. The quantitative estimate of drug-likeness (QED) is 0.479. The molecule has 1 aliphatic rings. The van der Waals surface area contributed by atoms with Crippen molar-refractivity contribution in [1.82, 2.24) is 25.1 Å². The van der Waals surface area contributed by atoms with Crippen LogP contribution in [0.15, 0.2) is 48.7 Å². The van der Waals surface area contributed by atoms with Crippen molar-refractivity contribution < 1.29 is 4.74 Å². The van der Waals surface area contributed by atoms with Crippen molar-refractivity contribution in [3.8, 4) is 11.3 Å². The van der Waals surface area contributed by atoms with E-state index in [9.17, 15) is 0 Å². The predicted octanol–water partition coefficient (Wildman–Crippen LogP) is 3.99. The van der Waals surface area contributed by atoms with Crippen LogP contribution in [0.25, 0.3) is 22.3 Å². The monoisotopic (exact) mass is 429 g/mol. The van der Waals surface area contributed by atoms with Crippen LogP contribution in [0.2, 0.25) is 0 Å². The minimum Gasteiger partial charge on any atom is -0.378 e. The van der Waals surface area contributed by atoms with E-state index >= 15 is 0 Å². The average Bonchev–Trinajstić information content (AvgIpc) is 3.28. The van der Waals surface area contributed by atoms with Gasteiger partial charge in [-0.15, -0.1) is 0 Å². The Bertz CT molecular complexity index is 1180. The van der Waals surface area contributed by atoms with Crippen molar-refractivity contribution in [2.45, 2.75) is 26.3 Å². The molecule has 8 heteroatoms. The molecule has 4 heterocycles. The highest BCUT2D eigenvalue weighted by Crippen LogP contribution is 2.28. The minimum absolute atomic E-state index is 0.291. The van der Waals surface area contributed by atoms with Crippen molar-refractivity contribution in [2.24, 2.45) is 0 Å². The summed E-state index contributed by atoms with van der Waals surface area (Å²) in [5.74, 6) is 1.75. The summed E-state index contributed by atoms with van der Waals surface area (Å²) in [7, 11) is 0. The van der Waals surface area contributed by atoms with Gasteiger partial charge in [-0.1, -0.05) is 44.2 Å². The van der Waals surface area contributed by atoms with Gasteiger partial charge in [0, 0.05) is 31.4 Å². The minimum atomic E-state index is 0.291. The molecule has 0 aliphatic carbocycles. The summed E-state index contributed by atoms with van der Waals surface area (Å²) in [6.07, 6.45) is 1.81. The van der Waals surface area contributed by atoms with Crippen LogP contribution in [0.4, 0.5) is 11.8 Å². The lowest BCUT2D eigenvalue weighted by Crippen LogP contribution is -2.37. The maximum atomic E-state index is 5.50. The Morgan fingerprint density at radius 1 is 1.03 bits per heavy atom. The lowest BCUT2D eigenvalue weighted by atomic mass is 10.1. The molecule has 164 valence electrons. The molecule has 32 heavy (non-hydrogen) atoms. The maximum Gasteiger partial charge on any atom is 0.228 e. The third-order valence-electron chi connectivity index (χ3n) is 5.66. The van der Waals surface area contributed by atoms with E-state index in [0.29, 0.717) is 25.7 Å². The van der Waals surface area contributed by atoms with Gasteiger partial charge in [-0.2, -0.15) is 10.1 Å². The molecule has 1 aliphatic heterocycles. The van der Waals surface area contributed by atoms with E-state index in [2.05, 4.69) is 63.5 Å². The third-order valence-corrected chi connectivity index (χ3v) is 5.66. The van der Waals surface area contributed by atoms with Crippen LogP contribution in [0, 0.1) is 0 Å². The molecule has 2 N–H and O–H groups in total. The summed E-state index contributed by atoms with van der Waals surface area (Å²) < 4.78 is 5.50. The summed E-state index contributed by atoms with van der Waals surface area (Å²) in [5, 5.41) is 11.2. The molecular weight excluding hydrogens is 402 g/mol. The molecule has 0 amide bonds. The summed E-state index contributed by atoms with van der Waals surface area (Å²) in [6.45, 7) is 7.87. The van der Waals surface area contributed by atoms with Gasteiger partial charge < -0.3 is 15.0 Å². The van der Waals surface area contributed by atoms with Crippen molar-refractivity contribution in [3.05, 3.63) is 59.9 Å². The van der Waals surface area contributed by atoms with Crippen LogP contribution < -0.4 is 10.2 Å². The largest absolute Gasteiger partial charge is 0.378 e. The fraction of sp³-hybridized carbons (Fsp3) is 0.333. The van der Waals surface area contributed by atoms with Gasteiger partial charge in [-0.25, -0.2) is 4.98 Å². The first-order chi connectivity index (χ1) is 15.7.